The van der Waals surface area contributed by atoms with E-state index < -0.39 is 0 Å². The monoisotopic (exact) mass is 383 g/mol. The quantitative estimate of drug-likeness (QED) is 0.752. The number of nitrogens with one attached hydrogen (secondary N) is 1. The van der Waals surface area contributed by atoms with Crippen LogP contribution < -0.4 is 5.32 Å². The Labute approximate surface area is 133 Å². The van der Waals surface area contributed by atoms with Gasteiger partial charge in [0.25, 0.3) is 0 Å². The van der Waals surface area contributed by atoms with Crippen molar-refractivity contribution in [3.05, 3.63) is 68.0 Å². The highest BCUT2D eigenvalue weighted by Gasteiger charge is 2.17. The zero-order valence-electron chi connectivity index (χ0n) is 12.0. The molecule has 0 amide bonds. The molecule has 1 nitrogen and oxygen atoms in total. The number of benzene rings is 2. The number of rotatable bonds is 4. The first-order chi connectivity index (χ1) is 9.54. The van der Waals surface area contributed by atoms with Crippen LogP contribution in [0.25, 0.3) is 0 Å². The van der Waals surface area contributed by atoms with Gasteiger partial charge in [-0.1, -0.05) is 37.3 Å². The topological polar surface area (TPSA) is 12.0 Å². The van der Waals surface area contributed by atoms with Crippen LogP contribution in [-0.4, -0.2) is 6.54 Å². The maximum Gasteiger partial charge on any atom is 0.129 e. The Morgan fingerprint density at radius 3 is 2.30 bits per heavy atom. The molecule has 0 aliphatic rings. The lowest BCUT2D eigenvalue weighted by Gasteiger charge is -2.21. The largest absolute Gasteiger partial charge is 0.306 e. The molecule has 0 fully saturated rings. The van der Waals surface area contributed by atoms with Crippen molar-refractivity contribution in [2.75, 3.05) is 6.54 Å². The normalized spacial score (nSPS) is 12.4. The van der Waals surface area contributed by atoms with E-state index in [1.165, 1.54) is 9.13 Å². The molecule has 0 saturated heterocycles. The van der Waals surface area contributed by atoms with Crippen LogP contribution in [0.4, 0.5) is 4.39 Å². The van der Waals surface area contributed by atoms with E-state index in [4.69, 9.17) is 0 Å². The van der Waals surface area contributed by atoms with Crippen molar-refractivity contribution in [1.29, 1.82) is 0 Å². The summed E-state index contributed by atoms with van der Waals surface area (Å²) in [6, 6.07) is 12.3. The minimum Gasteiger partial charge on any atom is -0.306 e. The number of aryl methyl sites for hydroxylation is 2. The van der Waals surface area contributed by atoms with Crippen LogP contribution >= 0.6 is 22.6 Å². The summed E-state index contributed by atoms with van der Waals surface area (Å²) in [5.74, 6) is -0.105. The second-order valence-electron chi connectivity index (χ2n) is 4.98. The van der Waals surface area contributed by atoms with E-state index in [1.54, 1.807) is 0 Å². The molecule has 2 rings (SSSR count). The molecule has 0 aromatic heterocycles. The Hall–Kier alpha value is -0.940. The number of halogens is 2. The molecule has 20 heavy (non-hydrogen) atoms. The van der Waals surface area contributed by atoms with E-state index >= 15 is 0 Å². The maximum absolute atomic E-state index is 13.8. The number of hydrogen-bond donors (Lipinski definition) is 1. The van der Waals surface area contributed by atoms with Gasteiger partial charge in [-0.15, -0.1) is 0 Å². The molecule has 2 aromatic carbocycles. The number of hydrogen-bond acceptors (Lipinski definition) is 1. The Bertz CT molecular complexity index is 587. The molecule has 106 valence electrons. The lowest BCUT2D eigenvalue weighted by atomic mass is 9.95. The summed E-state index contributed by atoms with van der Waals surface area (Å²) in [5.41, 5.74) is 3.76. The van der Waals surface area contributed by atoms with Crippen LogP contribution in [0.2, 0.25) is 0 Å². The highest BCUT2D eigenvalue weighted by atomic mass is 127. The van der Waals surface area contributed by atoms with Crippen LogP contribution in [0.3, 0.4) is 0 Å². The molecule has 0 aliphatic heterocycles. The van der Waals surface area contributed by atoms with E-state index in [1.807, 2.05) is 38.1 Å². The molecule has 0 bridgehead atoms. The lowest BCUT2D eigenvalue weighted by molar-refractivity contribution is 0.598. The average Bonchev–Trinajstić information content (AvgIpc) is 2.43. The molecule has 0 saturated carbocycles. The summed E-state index contributed by atoms with van der Waals surface area (Å²) in [5, 5.41) is 3.50. The smallest absolute Gasteiger partial charge is 0.129 e. The van der Waals surface area contributed by atoms with Crippen molar-refractivity contribution >= 4 is 22.6 Å². The van der Waals surface area contributed by atoms with Crippen molar-refractivity contribution in [3.8, 4) is 0 Å². The predicted octanol–water partition coefficient (Wildman–Crippen LogP) is 4.75. The van der Waals surface area contributed by atoms with Gasteiger partial charge in [0, 0.05) is 3.57 Å². The Kier molecular flexibility index (Phi) is 5.16. The minimum absolute atomic E-state index is 0.103. The van der Waals surface area contributed by atoms with Gasteiger partial charge >= 0.3 is 0 Å². The average molecular weight is 383 g/mol. The fourth-order valence-electron chi connectivity index (χ4n) is 2.47. The van der Waals surface area contributed by atoms with Crippen LogP contribution in [-0.2, 0) is 0 Å². The van der Waals surface area contributed by atoms with Gasteiger partial charge in [0.2, 0.25) is 0 Å². The van der Waals surface area contributed by atoms with E-state index in [-0.39, 0.29) is 11.9 Å². The van der Waals surface area contributed by atoms with E-state index in [0.717, 1.165) is 12.1 Å². The minimum atomic E-state index is -0.105. The first-order valence-corrected chi connectivity index (χ1v) is 7.87. The Morgan fingerprint density at radius 2 is 1.75 bits per heavy atom. The first-order valence-electron chi connectivity index (χ1n) is 6.79. The van der Waals surface area contributed by atoms with Gasteiger partial charge in [-0.25, -0.2) is 4.39 Å². The molecule has 1 N–H and O–H groups in total. The van der Waals surface area contributed by atoms with E-state index in [0.29, 0.717) is 11.1 Å². The molecule has 1 unspecified atom stereocenters. The first kappa shape index (κ1) is 15.4. The molecule has 0 spiro atoms. The molecule has 0 aliphatic carbocycles. The third-order valence-corrected chi connectivity index (χ3v) is 4.40. The summed E-state index contributed by atoms with van der Waals surface area (Å²) >= 11 is 2.35. The van der Waals surface area contributed by atoms with Crippen molar-refractivity contribution in [2.24, 2.45) is 0 Å². The highest BCUT2D eigenvalue weighted by molar-refractivity contribution is 14.1. The second kappa shape index (κ2) is 6.68. The maximum atomic E-state index is 13.8. The SMILES string of the molecule is CCNC(c1cc(C)c(F)c(C)c1)c1ccccc1I. The third kappa shape index (κ3) is 3.20. The zero-order chi connectivity index (χ0) is 14.7. The van der Waals surface area contributed by atoms with Crippen LogP contribution in [0, 0.1) is 23.2 Å². The van der Waals surface area contributed by atoms with E-state index in [2.05, 4.69) is 47.0 Å². The van der Waals surface area contributed by atoms with Crippen LogP contribution in [0.5, 0.6) is 0 Å². The summed E-state index contributed by atoms with van der Waals surface area (Å²) in [6.45, 7) is 6.60. The van der Waals surface area contributed by atoms with Gasteiger partial charge < -0.3 is 5.32 Å². The summed E-state index contributed by atoms with van der Waals surface area (Å²) in [4.78, 5) is 0. The van der Waals surface area contributed by atoms with Gasteiger partial charge in [0.15, 0.2) is 0 Å². The Balaban J connectivity index is 2.52. The molecular weight excluding hydrogens is 364 g/mol. The standard InChI is InChI=1S/C17H19FIN/c1-4-20-17(14-7-5-6-8-15(14)19)13-9-11(2)16(18)12(3)10-13/h5-10,17,20H,4H2,1-3H3. The molecule has 3 heteroatoms. The second-order valence-corrected chi connectivity index (χ2v) is 6.14. The van der Waals surface area contributed by atoms with Crippen molar-refractivity contribution in [3.63, 3.8) is 0 Å². The van der Waals surface area contributed by atoms with Crippen molar-refractivity contribution < 1.29 is 4.39 Å². The molecule has 1 atom stereocenters. The zero-order valence-corrected chi connectivity index (χ0v) is 14.2. The highest BCUT2D eigenvalue weighted by Crippen LogP contribution is 2.28. The molecule has 2 aromatic rings. The molecule has 0 heterocycles. The van der Waals surface area contributed by atoms with Gasteiger partial charge in [0.1, 0.15) is 5.82 Å². The Morgan fingerprint density at radius 1 is 1.15 bits per heavy atom. The van der Waals surface area contributed by atoms with Crippen LogP contribution in [0.1, 0.15) is 35.2 Å². The fourth-order valence-corrected chi connectivity index (χ4v) is 3.17. The molecule has 0 radical (unpaired) electrons. The van der Waals surface area contributed by atoms with Crippen molar-refractivity contribution in [1.82, 2.24) is 5.32 Å². The van der Waals surface area contributed by atoms with E-state index in [9.17, 15) is 4.39 Å². The summed E-state index contributed by atoms with van der Waals surface area (Å²) in [6.07, 6.45) is 0. The van der Waals surface area contributed by atoms with Gasteiger partial charge in [-0.3, -0.25) is 0 Å². The third-order valence-electron chi connectivity index (χ3n) is 3.42. The van der Waals surface area contributed by atoms with Gasteiger partial charge in [-0.05, 0) is 71.3 Å². The van der Waals surface area contributed by atoms with Crippen LogP contribution in [0.15, 0.2) is 36.4 Å². The summed E-state index contributed by atoms with van der Waals surface area (Å²) < 4.78 is 15.0. The molecular formula is C17H19FIN. The fraction of sp³-hybridized carbons (Fsp3) is 0.294. The summed E-state index contributed by atoms with van der Waals surface area (Å²) in [7, 11) is 0. The van der Waals surface area contributed by atoms with Crippen molar-refractivity contribution in [2.45, 2.75) is 26.8 Å². The van der Waals surface area contributed by atoms with Gasteiger partial charge in [0.05, 0.1) is 6.04 Å². The lowest BCUT2D eigenvalue weighted by Crippen LogP contribution is -2.23. The predicted molar refractivity (Wildman–Crippen MR) is 90.6 cm³/mol. The van der Waals surface area contributed by atoms with Gasteiger partial charge in [-0.2, -0.15) is 0 Å².